The number of carbonyl (C=O) groups excluding carboxylic acids is 2. The van der Waals surface area contributed by atoms with Crippen molar-refractivity contribution in [3.63, 3.8) is 0 Å². The molecule has 0 aliphatic rings. The topological polar surface area (TPSA) is 55.4 Å². The van der Waals surface area contributed by atoms with Crippen LogP contribution in [0.15, 0.2) is 53.9 Å². The summed E-state index contributed by atoms with van der Waals surface area (Å²) in [5.41, 5.74) is 3.81. The minimum Gasteiger partial charge on any atom is -0.465 e. The highest BCUT2D eigenvalue weighted by Gasteiger charge is 2.22. The Bertz CT molecular complexity index is 978. The van der Waals surface area contributed by atoms with E-state index >= 15 is 0 Å². The smallest absolute Gasteiger partial charge is 0.341 e. The zero-order valence-corrected chi connectivity index (χ0v) is 16.4. The monoisotopic (exact) mass is 397 g/mol. The fourth-order valence-corrected chi connectivity index (χ4v) is 3.77. The van der Waals surface area contributed by atoms with Crippen molar-refractivity contribution in [3.05, 3.63) is 76.4 Å². The molecule has 0 fully saturated rings. The van der Waals surface area contributed by atoms with E-state index in [4.69, 9.17) is 4.74 Å². The number of benzene rings is 2. The number of aryl methyl sites for hydroxylation is 2. The van der Waals surface area contributed by atoms with E-state index in [0.29, 0.717) is 29.0 Å². The number of hydrogen-bond acceptors (Lipinski definition) is 4. The Kier molecular flexibility index (Phi) is 6.21. The van der Waals surface area contributed by atoms with Crippen molar-refractivity contribution in [1.29, 1.82) is 0 Å². The maximum Gasteiger partial charge on any atom is 0.341 e. The molecule has 1 heterocycles. The van der Waals surface area contributed by atoms with Crippen LogP contribution in [0, 0.1) is 12.7 Å². The predicted molar refractivity (Wildman–Crippen MR) is 109 cm³/mol. The fraction of sp³-hybridized carbons (Fsp3) is 0.182. The number of halogens is 1. The van der Waals surface area contributed by atoms with Crippen molar-refractivity contribution >= 4 is 28.2 Å². The minimum absolute atomic E-state index is 0.182. The van der Waals surface area contributed by atoms with E-state index in [-0.39, 0.29) is 17.3 Å². The van der Waals surface area contributed by atoms with Gasteiger partial charge in [0.1, 0.15) is 16.4 Å². The summed E-state index contributed by atoms with van der Waals surface area (Å²) in [5.74, 6) is -1.09. The number of esters is 1. The van der Waals surface area contributed by atoms with Gasteiger partial charge in [0.25, 0.3) is 0 Å². The lowest BCUT2D eigenvalue weighted by molar-refractivity contribution is -0.116. The summed E-state index contributed by atoms with van der Waals surface area (Å²) >= 11 is 1.24. The first-order chi connectivity index (χ1) is 13.5. The van der Waals surface area contributed by atoms with E-state index in [9.17, 15) is 14.0 Å². The van der Waals surface area contributed by atoms with Gasteiger partial charge in [0.05, 0.1) is 7.11 Å². The second-order valence-electron chi connectivity index (χ2n) is 6.39. The number of nitrogens with one attached hydrogen (secondary N) is 1. The lowest BCUT2D eigenvalue weighted by Gasteiger charge is -2.08. The highest BCUT2D eigenvalue weighted by Crippen LogP contribution is 2.36. The lowest BCUT2D eigenvalue weighted by atomic mass is 10.0. The summed E-state index contributed by atoms with van der Waals surface area (Å²) < 4.78 is 18.1. The molecule has 0 aliphatic carbocycles. The summed E-state index contributed by atoms with van der Waals surface area (Å²) in [7, 11) is 1.29. The van der Waals surface area contributed by atoms with E-state index in [1.807, 2.05) is 31.2 Å². The normalized spacial score (nSPS) is 10.5. The number of amides is 1. The zero-order chi connectivity index (χ0) is 20.1. The van der Waals surface area contributed by atoms with Crippen molar-refractivity contribution in [2.24, 2.45) is 0 Å². The molecule has 0 saturated carbocycles. The second kappa shape index (κ2) is 8.80. The Labute approximate surface area is 167 Å². The molecule has 0 aliphatic heterocycles. The van der Waals surface area contributed by atoms with Crippen LogP contribution in [0.4, 0.5) is 9.39 Å². The lowest BCUT2D eigenvalue weighted by Crippen LogP contribution is -2.14. The number of hydrogen-bond donors (Lipinski definition) is 1. The Morgan fingerprint density at radius 3 is 2.39 bits per heavy atom. The standard InChI is InChI=1S/C22H20FNO3S/c1-14-3-5-15(6-4-14)7-12-19(25)24-21-20(22(26)27-2)18(13-28-21)16-8-10-17(23)11-9-16/h3-6,8-11,13H,7,12H2,1-2H3,(H,24,25). The predicted octanol–water partition coefficient (Wildman–Crippen LogP) is 5.22. The Morgan fingerprint density at radius 2 is 1.75 bits per heavy atom. The summed E-state index contributed by atoms with van der Waals surface area (Å²) in [6.45, 7) is 2.01. The Hall–Kier alpha value is -2.99. The third-order valence-electron chi connectivity index (χ3n) is 4.35. The van der Waals surface area contributed by atoms with Gasteiger partial charge in [0.15, 0.2) is 0 Å². The van der Waals surface area contributed by atoms with Crippen molar-refractivity contribution in [2.75, 3.05) is 12.4 Å². The van der Waals surface area contributed by atoms with Gasteiger partial charge in [0.2, 0.25) is 5.91 Å². The molecular weight excluding hydrogens is 377 g/mol. The van der Waals surface area contributed by atoms with Gasteiger partial charge in [-0.1, -0.05) is 42.0 Å². The van der Waals surface area contributed by atoms with Gasteiger partial charge >= 0.3 is 5.97 Å². The molecule has 1 N–H and O–H groups in total. The van der Waals surface area contributed by atoms with Crippen LogP contribution < -0.4 is 5.32 Å². The molecule has 0 atom stereocenters. The van der Waals surface area contributed by atoms with Gasteiger partial charge in [-0.3, -0.25) is 4.79 Å². The van der Waals surface area contributed by atoms with E-state index < -0.39 is 5.97 Å². The number of ether oxygens (including phenoxy) is 1. The van der Waals surface area contributed by atoms with E-state index in [1.54, 1.807) is 17.5 Å². The second-order valence-corrected chi connectivity index (χ2v) is 7.27. The molecule has 2 aromatic carbocycles. The molecule has 6 heteroatoms. The zero-order valence-electron chi connectivity index (χ0n) is 15.6. The SMILES string of the molecule is COC(=O)c1c(-c2ccc(F)cc2)csc1NC(=O)CCc1ccc(C)cc1. The molecule has 0 radical (unpaired) electrons. The summed E-state index contributed by atoms with van der Waals surface area (Å²) in [5, 5.41) is 5.00. The fourth-order valence-electron chi connectivity index (χ4n) is 2.80. The van der Waals surface area contributed by atoms with Crippen molar-refractivity contribution < 1.29 is 18.7 Å². The van der Waals surface area contributed by atoms with Crippen molar-refractivity contribution in [3.8, 4) is 11.1 Å². The molecule has 3 rings (SSSR count). The van der Waals surface area contributed by atoms with Gasteiger partial charge in [0, 0.05) is 17.4 Å². The van der Waals surface area contributed by atoms with Gasteiger partial charge in [-0.2, -0.15) is 0 Å². The van der Waals surface area contributed by atoms with Gasteiger partial charge in [-0.15, -0.1) is 11.3 Å². The first-order valence-electron chi connectivity index (χ1n) is 8.79. The number of anilines is 1. The average Bonchev–Trinajstić information content (AvgIpc) is 3.11. The number of methoxy groups -OCH3 is 1. The summed E-state index contributed by atoms with van der Waals surface area (Å²) in [4.78, 5) is 24.7. The number of carbonyl (C=O) groups is 2. The maximum absolute atomic E-state index is 13.2. The largest absolute Gasteiger partial charge is 0.465 e. The molecular formula is C22H20FNO3S. The van der Waals surface area contributed by atoms with Crippen LogP contribution in [0.25, 0.3) is 11.1 Å². The number of rotatable bonds is 6. The summed E-state index contributed by atoms with van der Waals surface area (Å²) in [6.07, 6.45) is 0.906. The molecule has 3 aromatic rings. The van der Waals surface area contributed by atoms with E-state index in [1.165, 1.54) is 36.1 Å². The van der Waals surface area contributed by atoms with Crippen LogP contribution in [0.1, 0.15) is 27.9 Å². The van der Waals surface area contributed by atoms with Crippen LogP contribution in [0.3, 0.4) is 0 Å². The molecule has 144 valence electrons. The van der Waals surface area contributed by atoms with Gasteiger partial charge in [-0.05, 0) is 36.6 Å². The highest BCUT2D eigenvalue weighted by molar-refractivity contribution is 7.15. The van der Waals surface area contributed by atoms with E-state index in [2.05, 4.69) is 5.32 Å². The van der Waals surface area contributed by atoms with Crippen LogP contribution >= 0.6 is 11.3 Å². The quantitative estimate of drug-likeness (QED) is 0.580. The van der Waals surface area contributed by atoms with Crippen LogP contribution in [0.2, 0.25) is 0 Å². The Balaban J connectivity index is 1.77. The molecule has 1 amide bonds. The van der Waals surface area contributed by atoms with Crippen molar-refractivity contribution in [2.45, 2.75) is 19.8 Å². The maximum atomic E-state index is 13.2. The van der Waals surface area contributed by atoms with Crippen LogP contribution in [-0.2, 0) is 16.0 Å². The molecule has 0 unspecified atom stereocenters. The third kappa shape index (κ3) is 4.64. The van der Waals surface area contributed by atoms with Crippen LogP contribution in [-0.4, -0.2) is 19.0 Å². The van der Waals surface area contributed by atoms with Gasteiger partial charge < -0.3 is 10.1 Å². The summed E-state index contributed by atoms with van der Waals surface area (Å²) in [6, 6.07) is 13.9. The molecule has 1 aromatic heterocycles. The Morgan fingerprint density at radius 1 is 1.07 bits per heavy atom. The first kappa shape index (κ1) is 19.8. The minimum atomic E-state index is -0.547. The molecule has 28 heavy (non-hydrogen) atoms. The average molecular weight is 397 g/mol. The molecule has 0 bridgehead atoms. The molecule has 4 nitrogen and oxygen atoms in total. The van der Waals surface area contributed by atoms with Crippen LogP contribution in [0.5, 0.6) is 0 Å². The highest BCUT2D eigenvalue weighted by atomic mass is 32.1. The third-order valence-corrected chi connectivity index (χ3v) is 5.25. The molecule has 0 spiro atoms. The first-order valence-corrected chi connectivity index (χ1v) is 9.67. The molecule has 0 saturated heterocycles. The van der Waals surface area contributed by atoms with E-state index in [0.717, 1.165) is 5.56 Å². The van der Waals surface area contributed by atoms with Gasteiger partial charge in [-0.25, -0.2) is 9.18 Å². The number of thiophene rings is 1. The van der Waals surface area contributed by atoms with Crippen molar-refractivity contribution in [1.82, 2.24) is 0 Å².